The first kappa shape index (κ1) is 34.6. The molecule has 0 saturated carbocycles. The summed E-state index contributed by atoms with van der Waals surface area (Å²) in [5.74, 6) is -1.64. The lowest BCUT2D eigenvalue weighted by atomic mass is 9.96. The molecule has 1 fully saturated rings. The number of carbonyl (C=O) groups is 2. The minimum Gasteiger partial charge on any atom is -0.468 e. The van der Waals surface area contributed by atoms with Crippen molar-refractivity contribution in [2.45, 2.75) is 83.6 Å². The van der Waals surface area contributed by atoms with Gasteiger partial charge < -0.3 is 34.7 Å². The molecular formula is C25H42N7O10P. The molecule has 242 valence electrons. The number of nitrogens with zero attached hydrogens (tertiary/aromatic N) is 3. The van der Waals surface area contributed by atoms with Crippen LogP contribution in [0.15, 0.2) is 11.1 Å². The van der Waals surface area contributed by atoms with Crippen molar-refractivity contribution in [3.8, 4) is 0 Å². The molecule has 7 N–H and O–H groups in total. The number of aromatic nitrogens is 4. The number of nitrogen functional groups attached to an aromatic ring is 1. The van der Waals surface area contributed by atoms with Crippen LogP contribution >= 0.6 is 7.67 Å². The topological polar surface area (TPSA) is 242 Å². The number of ether oxygens (including phenoxy) is 3. The number of hydrogen-bond acceptors (Lipinski definition) is 13. The molecule has 3 rings (SSSR count). The summed E-state index contributed by atoms with van der Waals surface area (Å²) in [7, 11) is -1.92. The van der Waals surface area contributed by atoms with Gasteiger partial charge in [-0.15, -0.1) is 0 Å². The standard InChI is InChI=1S/C25H42N7O10P/c1-12(2)8-14(21(35)39-6)30-43(38,31-15(9-13(3)4)22(36)40-7)41-10-16-18(33)25(5,37)23(42-16)32-11-27-17-19(32)28-24(26)29-20(17)34/h11-16,18,23,33,37H,8-10H2,1-7H3,(H2,30,31,38)(H3,26,28,29,34)/t14?,15?,16-,18?,23-,25?,43?/m1/s1. The van der Waals surface area contributed by atoms with Crippen LogP contribution in [0.5, 0.6) is 0 Å². The van der Waals surface area contributed by atoms with Gasteiger partial charge >= 0.3 is 19.6 Å². The van der Waals surface area contributed by atoms with E-state index in [0.717, 1.165) is 0 Å². The van der Waals surface area contributed by atoms with Gasteiger partial charge in [0.1, 0.15) is 29.9 Å². The van der Waals surface area contributed by atoms with Crippen LogP contribution in [0.25, 0.3) is 11.2 Å². The number of fused-ring (bicyclic) bond motifs is 1. The lowest BCUT2D eigenvalue weighted by molar-refractivity contribution is -0.143. The average molecular weight is 632 g/mol. The largest absolute Gasteiger partial charge is 0.468 e. The second-order valence-electron chi connectivity index (χ2n) is 11.5. The van der Waals surface area contributed by atoms with Gasteiger partial charge in [-0.2, -0.15) is 4.98 Å². The molecule has 0 aromatic carbocycles. The quantitative estimate of drug-likeness (QED) is 0.120. The van der Waals surface area contributed by atoms with E-state index in [1.165, 1.54) is 32.0 Å². The zero-order valence-electron chi connectivity index (χ0n) is 25.3. The van der Waals surface area contributed by atoms with Crippen molar-refractivity contribution in [3.63, 3.8) is 0 Å². The molecule has 0 spiro atoms. The first-order chi connectivity index (χ1) is 20.0. The summed E-state index contributed by atoms with van der Waals surface area (Å²) in [4.78, 5) is 47.8. The Balaban J connectivity index is 1.92. The van der Waals surface area contributed by atoms with Gasteiger partial charge in [-0.05, 0) is 31.6 Å². The number of H-pyrrole nitrogens is 1. The lowest BCUT2D eigenvalue weighted by Crippen LogP contribution is -2.47. The summed E-state index contributed by atoms with van der Waals surface area (Å²) in [6, 6.07) is -2.17. The first-order valence-electron chi connectivity index (χ1n) is 13.8. The van der Waals surface area contributed by atoms with Crippen LogP contribution in [0.1, 0.15) is 53.7 Å². The molecule has 17 nitrogen and oxygen atoms in total. The molecule has 0 amide bonds. The highest BCUT2D eigenvalue weighted by molar-refractivity contribution is 7.54. The van der Waals surface area contributed by atoms with Crippen LogP contribution in [-0.2, 0) is 32.9 Å². The van der Waals surface area contributed by atoms with E-state index in [1.807, 2.05) is 27.7 Å². The molecule has 2 aromatic heterocycles. The summed E-state index contributed by atoms with van der Waals surface area (Å²) >= 11 is 0. The molecule has 1 aliphatic heterocycles. The molecular weight excluding hydrogens is 589 g/mol. The van der Waals surface area contributed by atoms with E-state index < -0.39 is 67.9 Å². The molecule has 1 saturated heterocycles. The summed E-state index contributed by atoms with van der Waals surface area (Å²) in [5.41, 5.74) is 3.03. The van der Waals surface area contributed by atoms with Gasteiger partial charge in [-0.1, -0.05) is 27.7 Å². The van der Waals surface area contributed by atoms with Gasteiger partial charge in [0.25, 0.3) is 5.56 Å². The van der Waals surface area contributed by atoms with Gasteiger partial charge in [0.15, 0.2) is 17.4 Å². The third-order valence-electron chi connectivity index (χ3n) is 6.92. The summed E-state index contributed by atoms with van der Waals surface area (Å²) in [5, 5.41) is 27.7. The number of rotatable bonds is 14. The number of aromatic amines is 1. The van der Waals surface area contributed by atoms with Crippen LogP contribution in [-0.4, -0.2) is 92.4 Å². The minimum absolute atomic E-state index is 0.00138. The maximum Gasteiger partial charge on any atom is 0.342 e. The van der Waals surface area contributed by atoms with E-state index in [9.17, 15) is 29.2 Å². The van der Waals surface area contributed by atoms with Gasteiger partial charge in [0, 0.05) is 0 Å². The smallest absolute Gasteiger partial charge is 0.342 e. The first-order valence-corrected chi connectivity index (χ1v) is 15.4. The second-order valence-corrected chi connectivity index (χ2v) is 13.4. The van der Waals surface area contributed by atoms with Crippen molar-refractivity contribution < 1.29 is 43.1 Å². The van der Waals surface area contributed by atoms with Gasteiger partial charge in [-0.3, -0.25) is 28.5 Å². The second kappa shape index (κ2) is 13.8. The SMILES string of the molecule is COC(=O)C(CC(C)C)NP(=O)(NC(CC(C)C)C(=O)OC)OC[C@H]1O[C@@H](n2cnc3c(=O)[nH]c(N)nc32)C(C)(O)C1O. The molecule has 6 atom stereocenters. The third kappa shape index (κ3) is 7.98. The molecule has 3 heterocycles. The van der Waals surface area contributed by atoms with Crippen molar-refractivity contribution in [2.24, 2.45) is 11.8 Å². The summed E-state index contributed by atoms with van der Waals surface area (Å²) in [6.45, 7) is 8.15. The number of esters is 2. The molecule has 4 unspecified atom stereocenters. The molecule has 18 heteroatoms. The van der Waals surface area contributed by atoms with E-state index in [0.29, 0.717) is 0 Å². The lowest BCUT2D eigenvalue weighted by Gasteiger charge is -2.30. The van der Waals surface area contributed by atoms with E-state index in [1.54, 1.807) is 0 Å². The number of nitrogens with two attached hydrogens (primary N) is 1. The Morgan fingerprint density at radius 2 is 1.70 bits per heavy atom. The fourth-order valence-corrected chi connectivity index (χ4v) is 6.65. The average Bonchev–Trinajstić information content (AvgIpc) is 3.43. The van der Waals surface area contributed by atoms with Crippen LogP contribution in [0, 0.1) is 11.8 Å². The Morgan fingerprint density at radius 3 is 2.19 bits per heavy atom. The van der Waals surface area contributed by atoms with E-state index >= 15 is 0 Å². The van der Waals surface area contributed by atoms with Crippen molar-refractivity contribution in [1.82, 2.24) is 29.7 Å². The van der Waals surface area contributed by atoms with E-state index in [-0.39, 0.29) is 41.8 Å². The highest BCUT2D eigenvalue weighted by Crippen LogP contribution is 2.44. The van der Waals surface area contributed by atoms with Gasteiger partial charge in [0.05, 0.1) is 27.2 Å². The Bertz CT molecular complexity index is 1360. The number of methoxy groups -OCH3 is 2. The van der Waals surface area contributed by atoms with E-state index in [4.69, 9.17) is 24.5 Å². The Hall–Kier alpha value is -2.92. The predicted octanol–water partition coefficient (Wildman–Crippen LogP) is 0.190. The predicted molar refractivity (Wildman–Crippen MR) is 153 cm³/mol. The molecule has 2 aromatic rings. The molecule has 1 aliphatic rings. The highest BCUT2D eigenvalue weighted by atomic mass is 31.2. The van der Waals surface area contributed by atoms with Crippen molar-refractivity contribution >= 4 is 36.7 Å². The number of hydrogen-bond donors (Lipinski definition) is 6. The van der Waals surface area contributed by atoms with Crippen LogP contribution < -0.4 is 21.5 Å². The van der Waals surface area contributed by atoms with Crippen molar-refractivity contribution in [3.05, 3.63) is 16.7 Å². The monoisotopic (exact) mass is 631 g/mol. The molecule has 0 aliphatic carbocycles. The summed E-state index contributed by atoms with van der Waals surface area (Å²) < 4.78 is 37.0. The fraction of sp³-hybridized carbons (Fsp3) is 0.720. The Morgan fingerprint density at radius 1 is 1.16 bits per heavy atom. The van der Waals surface area contributed by atoms with Gasteiger partial charge in [-0.25, -0.2) is 15.2 Å². The minimum atomic E-state index is -4.30. The van der Waals surface area contributed by atoms with Crippen LogP contribution in [0.2, 0.25) is 0 Å². The molecule has 0 bridgehead atoms. The highest BCUT2D eigenvalue weighted by Gasteiger charge is 2.54. The number of anilines is 1. The normalized spacial score (nSPS) is 25.1. The Labute approximate surface area is 248 Å². The molecule has 43 heavy (non-hydrogen) atoms. The number of aliphatic hydroxyl groups is 2. The van der Waals surface area contributed by atoms with Gasteiger partial charge in [0.2, 0.25) is 5.95 Å². The Kier molecular flexibility index (Phi) is 11.1. The maximum atomic E-state index is 14.3. The maximum absolute atomic E-state index is 14.3. The molecule has 0 radical (unpaired) electrons. The summed E-state index contributed by atoms with van der Waals surface area (Å²) in [6.07, 6.45) is -2.55. The zero-order valence-corrected chi connectivity index (χ0v) is 26.2. The van der Waals surface area contributed by atoms with E-state index in [2.05, 4.69) is 25.1 Å². The number of aliphatic hydroxyl groups excluding tert-OH is 1. The fourth-order valence-electron chi connectivity index (χ4n) is 4.82. The van der Waals surface area contributed by atoms with Crippen molar-refractivity contribution in [1.29, 1.82) is 0 Å². The third-order valence-corrected chi connectivity index (χ3v) is 8.73. The number of carbonyl (C=O) groups excluding carboxylic acids is 2. The number of imidazole rings is 1. The van der Waals surface area contributed by atoms with Crippen LogP contribution in [0.4, 0.5) is 5.95 Å². The van der Waals surface area contributed by atoms with Crippen LogP contribution in [0.3, 0.4) is 0 Å². The van der Waals surface area contributed by atoms with Crippen molar-refractivity contribution in [2.75, 3.05) is 26.6 Å². The zero-order chi connectivity index (χ0) is 32.3. The number of nitrogens with one attached hydrogen (secondary N) is 3.